The highest BCUT2D eigenvalue weighted by Crippen LogP contribution is 2.13. The van der Waals surface area contributed by atoms with E-state index in [2.05, 4.69) is 11.9 Å². The Kier molecular flexibility index (Phi) is 15.1. The van der Waals surface area contributed by atoms with Gasteiger partial charge in [0.15, 0.2) is 5.75 Å². The molecular weight excluding hydrogens is 322 g/mol. The van der Waals surface area contributed by atoms with Crippen molar-refractivity contribution in [1.29, 1.82) is 0 Å². The summed E-state index contributed by atoms with van der Waals surface area (Å²) in [5, 5.41) is 0. The third-order valence-electron chi connectivity index (χ3n) is 5.04. The van der Waals surface area contributed by atoms with Crippen LogP contribution in [0.3, 0.4) is 0 Å². The van der Waals surface area contributed by atoms with Crippen LogP contribution in [0.15, 0.2) is 23.3 Å². The Labute approximate surface area is 160 Å². The predicted molar refractivity (Wildman–Crippen MR) is 112 cm³/mol. The van der Waals surface area contributed by atoms with Crippen LogP contribution in [0.1, 0.15) is 110 Å². The van der Waals surface area contributed by atoms with E-state index in [4.69, 9.17) is 4.74 Å². The largest absolute Gasteiger partial charge is 0.488 e. The summed E-state index contributed by atoms with van der Waals surface area (Å²) < 4.78 is 5.51. The summed E-state index contributed by atoms with van der Waals surface area (Å²) in [5.41, 5.74) is -0.0414. The van der Waals surface area contributed by atoms with Gasteiger partial charge in [-0.05, 0) is 6.42 Å². The molecule has 150 valence electrons. The van der Waals surface area contributed by atoms with Gasteiger partial charge in [-0.15, -0.1) is 0 Å². The molecule has 1 rings (SSSR count). The zero-order chi connectivity index (χ0) is 18.7. The topological polar surface area (TPSA) is 42.1 Å². The molecule has 3 nitrogen and oxygen atoms in total. The molecule has 0 aliphatic carbocycles. The molecule has 0 saturated carbocycles. The van der Waals surface area contributed by atoms with Crippen LogP contribution in [0.4, 0.5) is 0 Å². The number of rotatable bonds is 18. The maximum atomic E-state index is 11.5. The van der Waals surface area contributed by atoms with Gasteiger partial charge in [-0.2, -0.15) is 0 Å². The molecule has 0 bridgehead atoms. The first-order chi connectivity index (χ1) is 12.8. The summed E-state index contributed by atoms with van der Waals surface area (Å²) in [5.74, 6) is 0.438. The van der Waals surface area contributed by atoms with Crippen molar-refractivity contribution in [1.82, 2.24) is 4.98 Å². The van der Waals surface area contributed by atoms with Crippen molar-refractivity contribution >= 4 is 0 Å². The van der Waals surface area contributed by atoms with Gasteiger partial charge in [-0.3, -0.25) is 4.79 Å². The van der Waals surface area contributed by atoms with Crippen molar-refractivity contribution in [3.63, 3.8) is 0 Å². The number of hydrogen-bond acceptors (Lipinski definition) is 2. The van der Waals surface area contributed by atoms with E-state index in [1.54, 1.807) is 12.4 Å². The van der Waals surface area contributed by atoms with Crippen LogP contribution in [0.5, 0.6) is 5.75 Å². The molecule has 0 fully saturated rings. The fraction of sp³-hybridized carbons (Fsp3) is 0.783. The highest BCUT2D eigenvalue weighted by Gasteiger charge is 1.98. The predicted octanol–water partition coefficient (Wildman–Crippen LogP) is 7.02. The summed E-state index contributed by atoms with van der Waals surface area (Å²) in [7, 11) is 0. The highest BCUT2D eigenvalue weighted by molar-refractivity contribution is 5.15. The van der Waals surface area contributed by atoms with Gasteiger partial charge in [-0.1, -0.05) is 103 Å². The highest BCUT2D eigenvalue weighted by atomic mass is 16.5. The molecule has 3 heteroatoms. The minimum Gasteiger partial charge on any atom is -0.488 e. The zero-order valence-corrected chi connectivity index (χ0v) is 17.1. The molecule has 26 heavy (non-hydrogen) atoms. The molecule has 0 amide bonds. The first-order valence-electron chi connectivity index (χ1n) is 11.1. The van der Waals surface area contributed by atoms with Crippen LogP contribution in [0.2, 0.25) is 0 Å². The van der Waals surface area contributed by atoms with Crippen LogP contribution in [-0.4, -0.2) is 11.6 Å². The van der Waals surface area contributed by atoms with Crippen molar-refractivity contribution in [2.24, 2.45) is 0 Å². The number of H-pyrrole nitrogens is 1. The quantitative estimate of drug-likeness (QED) is 0.285. The van der Waals surface area contributed by atoms with E-state index in [9.17, 15) is 4.79 Å². The Bertz CT molecular complexity index is 469. The maximum Gasteiger partial charge on any atom is 0.223 e. The molecule has 0 spiro atoms. The average Bonchev–Trinajstić information content (AvgIpc) is 2.65. The smallest absolute Gasteiger partial charge is 0.223 e. The van der Waals surface area contributed by atoms with Gasteiger partial charge < -0.3 is 9.72 Å². The van der Waals surface area contributed by atoms with Crippen LogP contribution >= 0.6 is 0 Å². The molecule has 1 aromatic heterocycles. The van der Waals surface area contributed by atoms with Crippen molar-refractivity contribution in [3.8, 4) is 5.75 Å². The standard InChI is InChI=1S/C23H41NO2/c1-2-3-4-5-6-7-8-9-10-11-12-13-14-15-16-17-20-26-23-21-24-19-18-22(23)25/h18-19,21H,2-17,20H2,1H3,(H,24,25). The second-order valence-corrected chi connectivity index (χ2v) is 7.52. The monoisotopic (exact) mass is 363 g/mol. The first-order valence-corrected chi connectivity index (χ1v) is 11.1. The number of hydrogen-bond donors (Lipinski definition) is 1. The van der Waals surface area contributed by atoms with E-state index in [-0.39, 0.29) is 5.43 Å². The molecule has 0 aliphatic rings. The van der Waals surface area contributed by atoms with Crippen molar-refractivity contribution in [3.05, 3.63) is 28.7 Å². The van der Waals surface area contributed by atoms with Crippen molar-refractivity contribution in [2.75, 3.05) is 6.61 Å². The lowest BCUT2D eigenvalue weighted by molar-refractivity contribution is 0.300. The number of ether oxygens (including phenoxy) is 1. The summed E-state index contributed by atoms with van der Waals surface area (Å²) in [6, 6.07) is 1.50. The van der Waals surface area contributed by atoms with Crippen LogP contribution in [0, 0.1) is 0 Å². The number of aromatic nitrogens is 1. The average molecular weight is 364 g/mol. The van der Waals surface area contributed by atoms with Gasteiger partial charge in [-0.25, -0.2) is 0 Å². The fourth-order valence-electron chi connectivity index (χ4n) is 3.35. The zero-order valence-electron chi connectivity index (χ0n) is 17.1. The number of pyridine rings is 1. The van der Waals surface area contributed by atoms with Gasteiger partial charge in [0, 0.05) is 18.5 Å². The van der Waals surface area contributed by atoms with Crippen LogP contribution in [-0.2, 0) is 0 Å². The Morgan fingerprint density at radius 2 is 1.19 bits per heavy atom. The second-order valence-electron chi connectivity index (χ2n) is 7.52. The van der Waals surface area contributed by atoms with Crippen molar-refractivity contribution < 1.29 is 4.74 Å². The number of aromatic amines is 1. The molecule has 0 unspecified atom stereocenters. The summed E-state index contributed by atoms with van der Waals surface area (Å²) in [4.78, 5) is 14.4. The normalized spacial score (nSPS) is 11.0. The van der Waals surface area contributed by atoms with E-state index in [1.807, 2.05) is 0 Å². The Hall–Kier alpha value is -1.25. The Balaban J connectivity index is 1.75. The van der Waals surface area contributed by atoms with Crippen LogP contribution < -0.4 is 10.2 Å². The fourth-order valence-corrected chi connectivity index (χ4v) is 3.35. The lowest BCUT2D eigenvalue weighted by Gasteiger charge is -2.05. The molecule has 1 N–H and O–H groups in total. The van der Waals surface area contributed by atoms with Gasteiger partial charge in [0.1, 0.15) is 0 Å². The Morgan fingerprint density at radius 3 is 1.65 bits per heavy atom. The van der Waals surface area contributed by atoms with Gasteiger partial charge >= 0.3 is 0 Å². The third-order valence-corrected chi connectivity index (χ3v) is 5.04. The number of unbranched alkanes of at least 4 members (excludes halogenated alkanes) is 15. The summed E-state index contributed by atoms with van der Waals surface area (Å²) >= 11 is 0. The maximum absolute atomic E-state index is 11.5. The van der Waals surface area contributed by atoms with Crippen LogP contribution in [0.25, 0.3) is 0 Å². The molecule has 0 atom stereocenters. The van der Waals surface area contributed by atoms with Crippen molar-refractivity contribution in [2.45, 2.75) is 110 Å². The lowest BCUT2D eigenvalue weighted by Crippen LogP contribution is -2.07. The molecule has 1 heterocycles. The van der Waals surface area contributed by atoms with E-state index >= 15 is 0 Å². The minimum absolute atomic E-state index is 0.0414. The third kappa shape index (κ3) is 13.0. The Morgan fingerprint density at radius 1 is 0.731 bits per heavy atom. The van der Waals surface area contributed by atoms with E-state index in [0.717, 1.165) is 6.42 Å². The van der Waals surface area contributed by atoms with E-state index < -0.39 is 0 Å². The molecule has 0 aliphatic heterocycles. The summed E-state index contributed by atoms with van der Waals surface area (Å²) in [6.07, 6.45) is 25.1. The SMILES string of the molecule is CCCCCCCCCCCCCCCCCCOc1c[nH]ccc1=O. The lowest BCUT2D eigenvalue weighted by atomic mass is 10.0. The molecule has 1 aromatic rings. The second kappa shape index (κ2) is 17.2. The molecule has 0 aromatic carbocycles. The van der Waals surface area contributed by atoms with E-state index in [0.29, 0.717) is 12.4 Å². The first kappa shape index (κ1) is 22.8. The minimum atomic E-state index is -0.0414. The number of nitrogens with one attached hydrogen (secondary N) is 1. The van der Waals surface area contributed by atoms with Gasteiger partial charge in [0.25, 0.3) is 0 Å². The molecule has 0 radical (unpaired) electrons. The summed E-state index contributed by atoms with van der Waals surface area (Å²) in [6.45, 7) is 2.93. The molecular formula is C23H41NO2. The van der Waals surface area contributed by atoms with Gasteiger partial charge in [0.2, 0.25) is 5.43 Å². The molecule has 0 saturated heterocycles. The van der Waals surface area contributed by atoms with Gasteiger partial charge in [0.05, 0.1) is 6.61 Å². The van der Waals surface area contributed by atoms with E-state index in [1.165, 1.54) is 102 Å².